The minimum atomic E-state index is -0.313. The molecule has 0 saturated heterocycles. The van der Waals surface area contributed by atoms with Crippen LogP contribution in [0.2, 0.25) is 0 Å². The minimum Gasteiger partial charge on any atom is -0.494 e. The van der Waals surface area contributed by atoms with E-state index in [1.54, 1.807) is 6.92 Å². The van der Waals surface area contributed by atoms with Crippen LogP contribution in [0.15, 0.2) is 24.3 Å². The summed E-state index contributed by atoms with van der Waals surface area (Å²) >= 11 is 0. The standard InChI is InChI=1S/C13H20O3/c1-3-9-15-12-4-6-13(7-5-12)16-10-8-11(2)14/h4-7,11,14H,3,8-10H2,1-2H3. The Kier molecular flexibility index (Phi) is 5.72. The first-order valence-electron chi connectivity index (χ1n) is 5.76. The zero-order chi connectivity index (χ0) is 11.8. The van der Waals surface area contributed by atoms with E-state index in [2.05, 4.69) is 6.92 Å². The number of hydrogen-bond acceptors (Lipinski definition) is 3. The molecule has 0 spiro atoms. The zero-order valence-corrected chi connectivity index (χ0v) is 9.98. The lowest BCUT2D eigenvalue weighted by Crippen LogP contribution is -2.07. The van der Waals surface area contributed by atoms with E-state index in [0.717, 1.165) is 24.5 Å². The molecule has 0 radical (unpaired) electrons. The van der Waals surface area contributed by atoms with E-state index in [-0.39, 0.29) is 6.10 Å². The predicted octanol–water partition coefficient (Wildman–Crippen LogP) is 2.63. The molecule has 0 saturated carbocycles. The average molecular weight is 224 g/mol. The van der Waals surface area contributed by atoms with Crippen LogP contribution in [0.4, 0.5) is 0 Å². The SMILES string of the molecule is CCCOc1ccc(OCCC(C)O)cc1. The van der Waals surface area contributed by atoms with Crippen LogP contribution in [-0.2, 0) is 0 Å². The van der Waals surface area contributed by atoms with Crippen LogP contribution in [0.1, 0.15) is 26.7 Å². The Morgan fingerprint density at radius 1 is 1.06 bits per heavy atom. The van der Waals surface area contributed by atoms with Gasteiger partial charge in [-0.15, -0.1) is 0 Å². The second-order valence-electron chi connectivity index (χ2n) is 3.81. The molecule has 0 aliphatic carbocycles. The Morgan fingerprint density at radius 3 is 2.00 bits per heavy atom. The van der Waals surface area contributed by atoms with Crippen molar-refractivity contribution in [3.8, 4) is 11.5 Å². The lowest BCUT2D eigenvalue weighted by molar-refractivity contribution is 0.155. The highest BCUT2D eigenvalue weighted by Crippen LogP contribution is 2.17. The summed E-state index contributed by atoms with van der Waals surface area (Å²) in [6, 6.07) is 7.56. The summed E-state index contributed by atoms with van der Waals surface area (Å²) < 4.78 is 10.9. The quantitative estimate of drug-likeness (QED) is 0.773. The molecule has 0 heterocycles. The van der Waals surface area contributed by atoms with Crippen LogP contribution in [0.25, 0.3) is 0 Å². The molecule has 1 aromatic carbocycles. The second kappa shape index (κ2) is 7.12. The van der Waals surface area contributed by atoms with Crippen LogP contribution < -0.4 is 9.47 Å². The van der Waals surface area contributed by atoms with Crippen molar-refractivity contribution in [1.82, 2.24) is 0 Å². The molecule has 3 heteroatoms. The van der Waals surface area contributed by atoms with E-state index in [0.29, 0.717) is 13.0 Å². The summed E-state index contributed by atoms with van der Waals surface area (Å²) in [6.07, 6.45) is 1.34. The van der Waals surface area contributed by atoms with Gasteiger partial charge in [-0.05, 0) is 37.6 Å². The highest BCUT2D eigenvalue weighted by atomic mass is 16.5. The molecule has 3 nitrogen and oxygen atoms in total. The van der Waals surface area contributed by atoms with E-state index in [4.69, 9.17) is 14.6 Å². The monoisotopic (exact) mass is 224 g/mol. The smallest absolute Gasteiger partial charge is 0.119 e. The molecule has 1 rings (SSSR count). The van der Waals surface area contributed by atoms with Gasteiger partial charge >= 0.3 is 0 Å². The summed E-state index contributed by atoms with van der Waals surface area (Å²) in [5, 5.41) is 9.07. The molecule has 1 aromatic rings. The van der Waals surface area contributed by atoms with Crippen molar-refractivity contribution in [3.05, 3.63) is 24.3 Å². The highest BCUT2D eigenvalue weighted by molar-refractivity contribution is 5.31. The maximum absolute atomic E-state index is 9.07. The van der Waals surface area contributed by atoms with Crippen molar-refractivity contribution in [2.24, 2.45) is 0 Å². The normalized spacial score (nSPS) is 12.2. The van der Waals surface area contributed by atoms with Crippen LogP contribution >= 0.6 is 0 Å². The lowest BCUT2D eigenvalue weighted by Gasteiger charge is -2.09. The summed E-state index contributed by atoms with van der Waals surface area (Å²) in [6.45, 7) is 5.10. The molecule has 0 aliphatic rings. The van der Waals surface area contributed by atoms with Crippen molar-refractivity contribution in [3.63, 3.8) is 0 Å². The number of ether oxygens (including phenoxy) is 2. The molecule has 1 unspecified atom stereocenters. The van der Waals surface area contributed by atoms with Crippen molar-refractivity contribution in [1.29, 1.82) is 0 Å². The molecule has 0 aromatic heterocycles. The van der Waals surface area contributed by atoms with Crippen molar-refractivity contribution in [2.45, 2.75) is 32.8 Å². The summed E-state index contributed by atoms with van der Waals surface area (Å²) in [7, 11) is 0. The first kappa shape index (κ1) is 12.8. The molecule has 16 heavy (non-hydrogen) atoms. The highest BCUT2D eigenvalue weighted by Gasteiger charge is 1.98. The number of aliphatic hydroxyl groups excluding tert-OH is 1. The first-order valence-corrected chi connectivity index (χ1v) is 5.76. The summed E-state index contributed by atoms with van der Waals surface area (Å²) in [5.41, 5.74) is 0. The van der Waals surface area contributed by atoms with E-state index in [1.807, 2.05) is 24.3 Å². The third-order valence-electron chi connectivity index (χ3n) is 2.10. The van der Waals surface area contributed by atoms with Gasteiger partial charge in [-0.2, -0.15) is 0 Å². The van der Waals surface area contributed by atoms with Gasteiger partial charge in [0.1, 0.15) is 11.5 Å². The predicted molar refractivity (Wildman–Crippen MR) is 64.0 cm³/mol. The van der Waals surface area contributed by atoms with Crippen molar-refractivity contribution < 1.29 is 14.6 Å². The van der Waals surface area contributed by atoms with E-state index >= 15 is 0 Å². The second-order valence-corrected chi connectivity index (χ2v) is 3.81. The topological polar surface area (TPSA) is 38.7 Å². The van der Waals surface area contributed by atoms with Gasteiger partial charge in [0.15, 0.2) is 0 Å². The Balaban J connectivity index is 2.33. The van der Waals surface area contributed by atoms with Crippen molar-refractivity contribution in [2.75, 3.05) is 13.2 Å². The van der Waals surface area contributed by atoms with Crippen LogP contribution in [-0.4, -0.2) is 24.4 Å². The maximum Gasteiger partial charge on any atom is 0.119 e. The fourth-order valence-electron chi connectivity index (χ4n) is 1.20. The fraction of sp³-hybridized carbons (Fsp3) is 0.538. The zero-order valence-electron chi connectivity index (χ0n) is 9.98. The fourth-order valence-corrected chi connectivity index (χ4v) is 1.20. The number of hydrogen-bond donors (Lipinski definition) is 1. The molecule has 0 fully saturated rings. The van der Waals surface area contributed by atoms with Crippen molar-refractivity contribution >= 4 is 0 Å². The molecular weight excluding hydrogens is 204 g/mol. The largest absolute Gasteiger partial charge is 0.494 e. The van der Waals surface area contributed by atoms with Gasteiger partial charge in [0.25, 0.3) is 0 Å². The summed E-state index contributed by atoms with van der Waals surface area (Å²) in [4.78, 5) is 0. The molecule has 1 N–H and O–H groups in total. The lowest BCUT2D eigenvalue weighted by atomic mass is 10.3. The van der Waals surface area contributed by atoms with E-state index < -0.39 is 0 Å². The maximum atomic E-state index is 9.07. The van der Waals surface area contributed by atoms with E-state index in [9.17, 15) is 0 Å². The molecule has 0 amide bonds. The third-order valence-corrected chi connectivity index (χ3v) is 2.10. The van der Waals surface area contributed by atoms with E-state index in [1.165, 1.54) is 0 Å². The Hall–Kier alpha value is -1.22. The molecule has 0 bridgehead atoms. The Morgan fingerprint density at radius 2 is 1.56 bits per heavy atom. The van der Waals surface area contributed by atoms with Gasteiger partial charge in [0, 0.05) is 6.42 Å². The van der Waals surface area contributed by atoms with Crippen LogP contribution in [0.3, 0.4) is 0 Å². The Labute approximate surface area is 97.0 Å². The summed E-state index contributed by atoms with van der Waals surface area (Å²) in [5.74, 6) is 1.68. The average Bonchev–Trinajstić information content (AvgIpc) is 2.27. The van der Waals surface area contributed by atoms with Crippen LogP contribution in [0.5, 0.6) is 11.5 Å². The molecular formula is C13H20O3. The van der Waals surface area contributed by atoms with Gasteiger partial charge in [0.2, 0.25) is 0 Å². The minimum absolute atomic E-state index is 0.313. The number of benzene rings is 1. The number of rotatable bonds is 7. The third kappa shape index (κ3) is 5.03. The Bertz CT molecular complexity index is 280. The van der Waals surface area contributed by atoms with Crippen LogP contribution in [0, 0.1) is 0 Å². The van der Waals surface area contributed by atoms with Gasteiger partial charge in [-0.25, -0.2) is 0 Å². The van der Waals surface area contributed by atoms with Gasteiger partial charge < -0.3 is 14.6 Å². The van der Waals surface area contributed by atoms with Gasteiger partial charge in [-0.1, -0.05) is 6.92 Å². The molecule has 1 atom stereocenters. The molecule has 90 valence electrons. The first-order chi connectivity index (χ1) is 7.72. The van der Waals surface area contributed by atoms with Gasteiger partial charge in [-0.3, -0.25) is 0 Å². The molecule has 0 aliphatic heterocycles. The van der Waals surface area contributed by atoms with Gasteiger partial charge in [0.05, 0.1) is 19.3 Å². The number of aliphatic hydroxyl groups is 1.